The summed E-state index contributed by atoms with van der Waals surface area (Å²) in [5.74, 6) is 1.54. The second-order valence-corrected chi connectivity index (χ2v) is 7.64. The van der Waals surface area contributed by atoms with Crippen LogP contribution >= 0.6 is 24.0 Å². The van der Waals surface area contributed by atoms with Crippen molar-refractivity contribution in [1.29, 1.82) is 0 Å². The van der Waals surface area contributed by atoms with Gasteiger partial charge >= 0.3 is 0 Å². The molecule has 1 saturated carbocycles. The lowest BCUT2D eigenvalue weighted by Gasteiger charge is -2.31. The summed E-state index contributed by atoms with van der Waals surface area (Å²) in [5, 5.41) is 6.68. The third-order valence-corrected chi connectivity index (χ3v) is 5.27. The Labute approximate surface area is 192 Å². The predicted octanol–water partition coefficient (Wildman–Crippen LogP) is 3.19. The Hall–Kier alpha value is -1.58. The molecule has 29 heavy (non-hydrogen) atoms. The van der Waals surface area contributed by atoms with Gasteiger partial charge in [0, 0.05) is 46.0 Å². The van der Waals surface area contributed by atoms with E-state index in [0.29, 0.717) is 31.5 Å². The monoisotopic (exact) mass is 517 g/mol. The van der Waals surface area contributed by atoms with Gasteiger partial charge in [0.05, 0.1) is 12.0 Å². The third-order valence-electron chi connectivity index (χ3n) is 5.27. The van der Waals surface area contributed by atoms with Crippen LogP contribution in [0.1, 0.15) is 51.0 Å². The number of carbonyl (C=O) groups is 1. The lowest BCUT2D eigenvalue weighted by molar-refractivity contribution is -0.138. The number of guanidine groups is 1. The van der Waals surface area contributed by atoms with Crippen molar-refractivity contribution in [1.82, 2.24) is 20.5 Å². The second-order valence-electron chi connectivity index (χ2n) is 7.64. The van der Waals surface area contributed by atoms with Gasteiger partial charge in [0.15, 0.2) is 5.96 Å². The minimum Gasteiger partial charge on any atom is -0.477 e. The van der Waals surface area contributed by atoms with Gasteiger partial charge in [-0.1, -0.05) is 32.3 Å². The molecule has 2 rings (SSSR count). The quantitative estimate of drug-likeness (QED) is 0.228. The molecule has 1 aromatic rings. The van der Waals surface area contributed by atoms with Crippen molar-refractivity contribution in [3.8, 4) is 5.88 Å². The number of carbonyl (C=O) groups excluding carboxylic acids is 1. The highest BCUT2D eigenvalue weighted by Gasteiger charge is 2.42. The van der Waals surface area contributed by atoms with Crippen LogP contribution in [-0.2, 0) is 11.3 Å². The number of aromatic nitrogens is 1. The van der Waals surface area contributed by atoms with Crippen LogP contribution in [0, 0.1) is 5.41 Å². The van der Waals surface area contributed by atoms with Crippen LogP contribution in [0.3, 0.4) is 0 Å². The molecule has 2 N–H and O–H groups in total. The van der Waals surface area contributed by atoms with Crippen molar-refractivity contribution in [3.63, 3.8) is 0 Å². The Kier molecular flexibility index (Phi) is 11.3. The maximum Gasteiger partial charge on any atom is 0.230 e. The highest BCUT2D eigenvalue weighted by molar-refractivity contribution is 14.0. The maximum absolute atomic E-state index is 12.7. The van der Waals surface area contributed by atoms with Gasteiger partial charge in [-0.15, -0.1) is 24.0 Å². The zero-order chi connectivity index (χ0) is 20.4. The van der Waals surface area contributed by atoms with Gasteiger partial charge in [-0.25, -0.2) is 4.98 Å². The predicted molar refractivity (Wildman–Crippen MR) is 128 cm³/mol. The largest absolute Gasteiger partial charge is 0.477 e. The molecule has 1 fully saturated rings. The summed E-state index contributed by atoms with van der Waals surface area (Å²) in [6.45, 7) is 3.96. The zero-order valence-electron chi connectivity index (χ0n) is 18.2. The van der Waals surface area contributed by atoms with E-state index in [-0.39, 0.29) is 35.3 Å². The number of rotatable bonds is 9. The molecule has 0 radical (unpaired) electrons. The normalized spacial score (nSPS) is 15.4. The SMILES string of the molecule is CCCCOc1ncccc1CNC(=NC)NCC1(C(=O)N(C)C)CCCC1.I. The molecule has 8 heteroatoms. The fourth-order valence-electron chi connectivity index (χ4n) is 3.65. The van der Waals surface area contributed by atoms with Gasteiger partial charge in [0.2, 0.25) is 11.8 Å². The molecular weight excluding hydrogens is 481 g/mol. The van der Waals surface area contributed by atoms with Gasteiger partial charge in [0.25, 0.3) is 0 Å². The molecule has 0 bridgehead atoms. The highest BCUT2D eigenvalue weighted by atomic mass is 127. The Morgan fingerprint density at radius 3 is 2.66 bits per heavy atom. The molecule has 1 amide bonds. The summed E-state index contributed by atoms with van der Waals surface area (Å²) in [5.41, 5.74) is 0.658. The first-order chi connectivity index (χ1) is 13.5. The third kappa shape index (κ3) is 7.31. The molecule has 7 nitrogen and oxygen atoms in total. The molecule has 1 aromatic heterocycles. The summed E-state index contributed by atoms with van der Waals surface area (Å²) in [6, 6.07) is 3.91. The zero-order valence-corrected chi connectivity index (χ0v) is 20.5. The molecule has 1 aliphatic rings. The molecule has 1 heterocycles. The molecule has 1 aliphatic carbocycles. The number of halogens is 1. The van der Waals surface area contributed by atoms with Crippen LogP contribution in [0.2, 0.25) is 0 Å². The van der Waals surface area contributed by atoms with Crippen molar-refractivity contribution in [2.24, 2.45) is 10.4 Å². The average Bonchev–Trinajstić information content (AvgIpc) is 3.18. The first-order valence-electron chi connectivity index (χ1n) is 10.3. The summed E-state index contributed by atoms with van der Waals surface area (Å²) in [7, 11) is 5.40. The maximum atomic E-state index is 12.7. The van der Waals surface area contributed by atoms with Gasteiger partial charge in [0.1, 0.15) is 0 Å². The molecule has 0 spiro atoms. The number of unbranched alkanes of at least 4 members (excludes halogenated alkanes) is 1. The Morgan fingerprint density at radius 2 is 2.03 bits per heavy atom. The summed E-state index contributed by atoms with van der Waals surface area (Å²) >= 11 is 0. The van der Waals surface area contributed by atoms with Crippen molar-refractivity contribution in [2.75, 3.05) is 34.3 Å². The van der Waals surface area contributed by atoms with Crippen molar-refractivity contribution >= 4 is 35.8 Å². The Balaban J connectivity index is 0.00000420. The van der Waals surface area contributed by atoms with Gasteiger partial charge in [-0.2, -0.15) is 0 Å². The highest BCUT2D eigenvalue weighted by Crippen LogP contribution is 2.38. The first-order valence-corrected chi connectivity index (χ1v) is 10.3. The van der Waals surface area contributed by atoms with Crippen LogP contribution in [0.15, 0.2) is 23.3 Å². The molecule has 0 unspecified atom stereocenters. The van der Waals surface area contributed by atoms with Crippen molar-refractivity contribution in [2.45, 2.75) is 52.0 Å². The van der Waals surface area contributed by atoms with Crippen LogP contribution in [0.4, 0.5) is 0 Å². The smallest absolute Gasteiger partial charge is 0.230 e. The molecular formula is C21H36IN5O2. The van der Waals surface area contributed by atoms with E-state index in [9.17, 15) is 4.79 Å². The molecule has 0 aromatic carbocycles. The van der Waals surface area contributed by atoms with E-state index in [2.05, 4.69) is 27.5 Å². The second kappa shape index (κ2) is 12.9. The van der Waals surface area contributed by atoms with E-state index >= 15 is 0 Å². The van der Waals surface area contributed by atoms with E-state index < -0.39 is 0 Å². The van der Waals surface area contributed by atoms with Crippen molar-refractivity contribution in [3.05, 3.63) is 23.9 Å². The number of nitrogens with zero attached hydrogens (tertiary/aromatic N) is 3. The number of ether oxygens (including phenoxy) is 1. The number of hydrogen-bond acceptors (Lipinski definition) is 4. The summed E-state index contributed by atoms with van der Waals surface area (Å²) in [4.78, 5) is 23.1. The first kappa shape index (κ1) is 25.5. The number of nitrogens with one attached hydrogen (secondary N) is 2. The standard InChI is InChI=1S/C21H35N5O2.HI/c1-5-6-14-28-18-17(10-9-13-23-18)15-24-20(22-2)25-16-21(11-7-8-12-21)19(27)26(3)4;/h9-10,13H,5-8,11-12,14-16H2,1-4H3,(H2,22,24,25);1H. The lowest BCUT2D eigenvalue weighted by Crippen LogP contribution is -2.49. The fraction of sp³-hybridized carbons (Fsp3) is 0.667. The minimum absolute atomic E-state index is 0. The van der Waals surface area contributed by atoms with E-state index in [1.807, 2.05) is 26.2 Å². The van der Waals surface area contributed by atoms with Crippen molar-refractivity contribution < 1.29 is 9.53 Å². The number of pyridine rings is 1. The summed E-state index contributed by atoms with van der Waals surface area (Å²) < 4.78 is 5.80. The van der Waals surface area contributed by atoms with E-state index in [4.69, 9.17) is 4.74 Å². The van der Waals surface area contributed by atoms with Gasteiger partial charge in [-0.05, 0) is 25.3 Å². The summed E-state index contributed by atoms with van der Waals surface area (Å²) in [6.07, 6.45) is 7.88. The number of hydrogen-bond donors (Lipinski definition) is 2. The fourth-order valence-corrected chi connectivity index (χ4v) is 3.65. The van der Waals surface area contributed by atoms with Crippen LogP contribution in [0.5, 0.6) is 5.88 Å². The minimum atomic E-state index is -0.330. The average molecular weight is 517 g/mol. The topological polar surface area (TPSA) is 78.8 Å². The number of aliphatic imine (C=N–C) groups is 1. The van der Waals surface area contributed by atoms with E-state index in [1.54, 1.807) is 18.1 Å². The van der Waals surface area contributed by atoms with Crippen LogP contribution < -0.4 is 15.4 Å². The molecule has 164 valence electrons. The van der Waals surface area contributed by atoms with E-state index in [1.165, 1.54) is 0 Å². The van der Waals surface area contributed by atoms with Gasteiger partial charge in [-0.3, -0.25) is 9.79 Å². The molecule has 0 saturated heterocycles. The van der Waals surface area contributed by atoms with Crippen LogP contribution in [-0.4, -0.2) is 56.0 Å². The molecule has 0 aliphatic heterocycles. The number of amides is 1. The molecule has 0 atom stereocenters. The Morgan fingerprint density at radius 1 is 1.31 bits per heavy atom. The van der Waals surface area contributed by atoms with E-state index in [0.717, 1.165) is 44.1 Å². The lowest BCUT2D eigenvalue weighted by atomic mass is 9.84. The Bertz CT molecular complexity index is 660. The van der Waals surface area contributed by atoms with Crippen LogP contribution in [0.25, 0.3) is 0 Å². The van der Waals surface area contributed by atoms with Gasteiger partial charge < -0.3 is 20.3 Å².